The number of ether oxygens (including phenoxy) is 3. The van der Waals surface area contributed by atoms with Crippen molar-refractivity contribution >= 4 is 28.9 Å². The number of hydrogen-bond acceptors (Lipinski definition) is 9. The van der Waals surface area contributed by atoms with E-state index in [9.17, 15) is 19.7 Å². The maximum atomic E-state index is 13.9. The molecule has 2 aliphatic rings. The summed E-state index contributed by atoms with van der Waals surface area (Å²) in [6, 6.07) is 17.1. The number of anilines is 2. The number of carbonyl (C=O) groups is 2. The van der Waals surface area contributed by atoms with Crippen LogP contribution in [0.2, 0.25) is 0 Å². The molecule has 2 heterocycles. The molecular weight excluding hydrogens is 482 g/mol. The zero-order valence-corrected chi connectivity index (χ0v) is 20.2. The van der Waals surface area contributed by atoms with E-state index >= 15 is 0 Å². The van der Waals surface area contributed by atoms with Crippen molar-refractivity contribution in [2.24, 2.45) is 5.92 Å². The molecule has 11 heteroatoms. The van der Waals surface area contributed by atoms with Crippen molar-refractivity contribution in [3.8, 4) is 17.2 Å². The fourth-order valence-corrected chi connectivity index (χ4v) is 4.86. The second-order valence-corrected chi connectivity index (χ2v) is 8.36. The average molecular weight is 505 g/mol. The highest BCUT2D eigenvalue weighted by Crippen LogP contribution is 2.51. The SMILES string of the molecule is COc1cc([C@H]2[C@H]3C(=O)N(c4ccccc4OC)C(=O)[C@@H]3ON2c2ccccc2)c([N+](=O)[O-])cc1OC. The summed E-state index contributed by atoms with van der Waals surface area (Å²) >= 11 is 0. The van der Waals surface area contributed by atoms with Gasteiger partial charge in [0.15, 0.2) is 17.6 Å². The van der Waals surface area contributed by atoms with Crippen LogP contribution in [-0.4, -0.2) is 44.2 Å². The molecule has 0 aromatic heterocycles. The maximum absolute atomic E-state index is 13.9. The first-order valence-corrected chi connectivity index (χ1v) is 11.3. The predicted molar refractivity (Wildman–Crippen MR) is 132 cm³/mol. The van der Waals surface area contributed by atoms with E-state index in [0.717, 1.165) is 4.90 Å². The molecule has 0 aliphatic carbocycles. The lowest BCUT2D eigenvalue weighted by atomic mass is 9.89. The van der Waals surface area contributed by atoms with Crippen LogP contribution in [0, 0.1) is 16.0 Å². The third kappa shape index (κ3) is 3.80. The molecular formula is C26H23N3O8. The summed E-state index contributed by atoms with van der Waals surface area (Å²) in [5, 5.41) is 13.6. The van der Waals surface area contributed by atoms with Crippen molar-refractivity contribution in [1.29, 1.82) is 0 Å². The molecule has 0 bridgehead atoms. The maximum Gasteiger partial charge on any atom is 0.278 e. The third-order valence-electron chi connectivity index (χ3n) is 6.50. The Hall–Kier alpha value is -4.64. The number of amides is 2. The van der Waals surface area contributed by atoms with Gasteiger partial charge in [-0.05, 0) is 30.3 Å². The van der Waals surface area contributed by atoms with Crippen LogP contribution in [0.5, 0.6) is 17.2 Å². The number of fused-ring (bicyclic) bond motifs is 1. The van der Waals surface area contributed by atoms with Crippen LogP contribution >= 0.6 is 0 Å². The quantitative estimate of drug-likeness (QED) is 0.269. The first-order valence-electron chi connectivity index (χ1n) is 11.3. The molecule has 0 N–H and O–H groups in total. The Labute approximate surface area is 211 Å². The number of nitrogens with zero attached hydrogens (tertiary/aromatic N) is 3. The second-order valence-electron chi connectivity index (χ2n) is 8.36. The van der Waals surface area contributed by atoms with E-state index in [1.165, 1.54) is 38.5 Å². The van der Waals surface area contributed by atoms with Gasteiger partial charge in [0.2, 0.25) is 5.91 Å². The minimum atomic E-state index is -1.21. The first-order chi connectivity index (χ1) is 17.9. The molecule has 2 aliphatic heterocycles. The summed E-state index contributed by atoms with van der Waals surface area (Å²) in [5.41, 5.74) is 0.631. The molecule has 3 atom stereocenters. The number of carbonyl (C=O) groups excluding carboxylic acids is 2. The van der Waals surface area contributed by atoms with Crippen molar-refractivity contribution in [3.05, 3.63) is 82.4 Å². The molecule has 11 nitrogen and oxygen atoms in total. The van der Waals surface area contributed by atoms with E-state index in [2.05, 4.69) is 0 Å². The molecule has 3 aromatic rings. The largest absolute Gasteiger partial charge is 0.495 e. The number of nitro groups is 1. The number of rotatable bonds is 7. The van der Waals surface area contributed by atoms with Gasteiger partial charge in [0.05, 0.1) is 49.3 Å². The van der Waals surface area contributed by atoms with Gasteiger partial charge in [0.1, 0.15) is 17.7 Å². The minimum absolute atomic E-state index is 0.141. The topological polar surface area (TPSA) is 121 Å². The van der Waals surface area contributed by atoms with Crippen LogP contribution in [-0.2, 0) is 14.4 Å². The summed E-state index contributed by atoms with van der Waals surface area (Å²) in [6.45, 7) is 0. The van der Waals surface area contributed by atoms with Crippen molar-refractivity contribution < 1.29 is 33.6 Å². The molecule has 190 valence electrons. The highest BCUT2D eigenvalue weighted by Gasteiger charge is 2.61. The zero-order chi connectivity index (χ0) is 26.3. The molecule has 2 saturated heterocycles. The Morgan fingerprint density at radius 2 is 1.46 bits per heavy atom. The third-order valence-corrected chi connectivity index (χ3v) is 6.50. The number of methoxy groups -OCH3 is 3. The van der Waals surface area contributed by atoms with Crippen LogP contribution in [0.25, 0.3) is 0 Å². The number of benzene rings is 3. The van der Waals surface area contributed by atoms with Gasteiger partial charge >= 0.3 is 0 Å². The molecule has 0 spiro atoms. The summed E-state index contributed by atoms with van der Waals surface area (Å²) in [7, 11) is 4.22. The van der Waals surface area contributed by atoms with Crippen molar-refractivity contribution in [2.45, 2.75) is 12.1 Å². The van der Waals surface area contributed by atoms with Crippen LogP contribution in [0.1, 0.15) is 11.6 Å². The van der Waals surface area contributed by atoms with Gasteiger partial charge in [-0.1, -0.05) is 30.3 Å². The highest BCUT2D eigenvalue weighted by molar-refractivity contribution is 6.24. The van der Waals surface area contributed by atoms with E-state index < -0.39 is 34.8 Å². The Kier molecular flexibility index (Phi) is 6.14. The van der Waals surface area contributed by atoms with Gasteiger partial charge in [-0.25, -0.2) is 9.96 Å². The molecule has 5 rings (SSSR count). The smallest absolute Gasteiger partial charge is 0.278 e. The number of nitro benzene ring substituents is 1. The van der Waals surface area contributed by atoms with Gasteiger partial charge in [-0.15, -0.1) is 0 Å². The van der Waals surface area contributed by atoms with Gasteiger partial charge < -0.3 is 14.2 Å². The Morgan fingerprint density at radius 3 is 2.11 bits per heavy atom. The fourth-order valence-electron chi connectivity index (χ4n) is 4.86. The zero-order valence-electron chi connectivity index (χ0n) is 20.2. The second kappa shape index (κ2) is 9.43. The number of hydrogen-bond donors (Lipinski definition) is 0. The van der Waals surface area contributed by atoms with E-state index in [0.29, 0.717) is 11.4 Å². The van der Waals surface area contributed by atoms with E-state index in [4.69, 9.17) is 19.0 Å². The van der Waals surface area contributed by atoms with Gasteiger partial charge in [0.25, 0.3) is 11.6 Å². The summed E-state index contributed by atoms with van der Waals surface area (Å²) < 4.78 is 16.0. The lowest BCUT2D eigenvalue weighted by Crippen LogP contribution is -2.37. The normalized spacial score (nSPS) is 20.7. The molecule has 3 aromatic carbocycles. The van der Waals surface area contributed by atoms with Crippen molar-refractivity contribution in [1.82, 2.24) is 0 Å². The van der Waals surface area contributed by atoms with Crippen LogP contribution in [0.4, 0.5) is 17.1 Å². The van der Waals surface area contributed by atoms with Crippen LogP contribution in [0.3, 0.4) is 0 Å². The average Bonchev–Trinajstić information content (AvgIpc) is 3.43. The minimum Gasteiger partial charge on any atom is -0.495 e. The summed E-state index contributed by atoms with van der Waals surface area (Å²) in [6.07, 6.45) is -1.21. The molecule has 0 saturated carbocycles. The standard InChI is InChI=1S/C26H23N3O8/c1-34-19-12-8-7-11-17(19)27-25(30)22-23(16-13-20(35-2)21(36-3)14-18(16)29(32)33)28(37-24(22)26(27)31)15-9-5-4-6-10-15/h4-14,22-24H,1-3H3/t22-,23+,24-/m1/s1. The Morgan fingerprint density at radius 1 is 0.838 bits per heavy atom. The Balaban J connectivity index is 1.69. The molecule has 0 unspecified atom stereocenters. The fraction of sp³-hybridized carbons (Fsp3) is 0.231. The molecule has 37 heavy (non-hydrogen) atoms. The van der Waals surface area contributed by atoms with Crippen molar-refractivity contribution in [3.63, 3.8) is 0 Å². The van der Waals surface area contributed by atoms with Crippen LogP contribution < -0.4 is 24.2 Å². The summed E-state index contributed by atoms with van der Waals surface area (Å²) in [4.78, 5) is 46.2. The molecule has 2 fully saturated rings. The Bertz CT molecular complexity index is 1380. The van der Waals surface area contributed by atoms with Gasteiger partial charge in [0, 0.05) is 0 Å². The number of imide groups is 1. The van der Waals surface area contributed by atoms with Crippen LogP contribution in [0.15, 0.2) is 66.7 Å². The monoisotopic (exact) mass is 505 g/mol. The summed E-state index contributed by atoms with van der Waals surface area (Å²) in [5.74, 6) is -1.52. The van der Waals surface area contributed by atoms with Crippen molar-refractivity contribution in [2.75, 3.05) is 31.3 Å². The lowest BCUT2D eigenvalue weighted by Gasteiger charge is -2.29. The first kappa shape index (κ1) is 24.1. The van der Waals surface area contributed by atoms with Gasteiger partial charge in [-0.2, -0.15) is 0 Å². The lowest BCUT2D eigenvalue weighted by molar-refractivity contribution is -0.385. The number of para-hydroxylation sites is 3. The molecule has 0 radical (unpaired) electrons. The highest BCUT2D eigenvalue weighted by atomic mass is 16.7. The van der Waals surface area contributed by atoms with E-state index in [1.54, 1.807) is 54.6 Å². The number of hydroxylamine groups is 1. The van der Waals surface area contributed by atoms with Gasteiger partial charge in [-0.3, -0.25) is 24.5 Å². The predicted octanol–water partition coefficient (Wildman–Crippen LogP) is 3.67. The van der Waals surface area contributed by atoms with E-state index in [1.807, 2.05) is 0 Å². The molecule has 2 amide bonds. The van der Waals surface area contributed by atoms with E-state index in [-0.39, 0.29) is 28.4 Å².